The van der Waals surface area contributed by atoms with E-state index in [1.165, 1.54) is 57.8 Å². The van der Waals surface area contributed by atoms with Gasteiger partial charge in [-0.1, -0.05) is 64.7 Å². The number of nitrogens with zero attached hydrogens (tertiary/aromatic N) is 2. The molecule has 1 unspecified atom stereocenters. The summed E-state index contributed by atoms with van der Waals surface area (Å²) in [5.74, 6) is 5.62. The number of hydrazine groups is 1. The van der Waals surface area contributed by atoms with E-state index in [9.17, 15) is 0 Å². The van der Waals surface area contributed by atoms with E-state index in [2.05, 4.69) is 17.4 Å². The van der Waals surface area contributed by atoms with Crippen LogP contribution in [-0.2, 0) is 7.05 Å². The first-order valence-electron chi connectivity index (χ1n) is 8.23. The van der Waals surface area contributed by atoms with Gasteiger partial charge >= 0.3 is 0 Å². The lowest BCUT2D eigenvalue weighted by molar-refractivity contribution is 0.462. The highest BCUT2D eigenvalue weighted by atomic mass is 15.3. The first-order chi connectivity index (χ1) is 9.77. The van der Waals surface area contributed by atoms with Gasteiger partial charge in [-0.2, -0.15) is 5.10 Å². The summed E-state index contributed by atoms with van der Waals surface area (Å²) < 4.78 is 1.83. The van der Waals surface area contributed by atoms with Crippen molar-refractivity contribution in [2.75, 3.05) is 0 Å². The number of hydrogen-bond donors (Lipinski definition) is 2. The van der Waals surface area contributed by atoms with Gasteiger partial charge in [0.05, 0.1) is 11.7 Å². The lowest BCUT2D eigenvalue weighted by Gasteiger charge is -2.13. The first-order valence-corrected chi connectivity index (χ1v) is 8.23. The van der Waals surface area contributed by atoms with Crippen LogP contribution in [0.4, 0.5) is 0 Å². The molecule has 4 heteroatoms. The minimum atomic E-state index is 0.195. The van der Waals surface area contributed by atoms with Gasteiger partial charge < -0.3 is 0 Å². The van der Waals surface area contributed by atoms with Gasteiger partial charge in [-0.3, -0.25) is 16.0 Å². The van der Waals surface area contributed by atoms with Crippen molar-refractivity contribution < 1.29 is 0 Å². The molecule has 116 valence electrons. The van der Waals surface area contributed by atoms with Gasteiger partial charge in [-0.25, -0.2) is 0 Å². The third-order valence-electron chi connectivity index (χ3n) is 3.89. The lowest BCUT2D eigenvalue weighted by atomic mass is 10.0. The van der Waals surface area contributed by atoms with Gasteiger partial charge in [0.1, 0.15) is 0 Å². The summed E-state index contributed by atoms with van der Waals surface area (Å²) in [6.45, 7) is 2.27. The van der Waals surface area contributed by atoms with Crippen molar-refractivity contribution in [1.82, 2.24) is 15.2 Å². The van der Waals surface area contributed by atoms with Gasteiger partial charge in [0.25, 0.3) is 0 Å². The Bertz CT molecular complexity index is 335. The van der Waals surface area contributed by atoms with Crippen LogP contribution in [0, 0.1) is 0 Å². The van der Waals surface area contributed by atoms with E-state index >= 15 is 0 Å². The van der Waals surface area contributed by atoms with Crippen molar-refractivity contribution in [3.05, 3.63) is 18.0 Å². The number of rotatable bonds is 12. The fourth-order valence-corrected chi connectivity index (χ4v) is 2.59. The van der Waals surface area contributed by atoms with Crippen LogP contribution in [0.15, 0.2) is 12.3 Å². The summed E-state index contributed by atoms with van der Waals surface area (Å²) in [5.41, 5.74) is 3.93. The van der Waals surface area contributed by atoms with Crippen molar-refractivity contribution in [1.29, 1.82) is 0 Å². The van der Waals surface area contributed by atoms with E-state index in [1.54, 1.807) is 0 Å². The van der Waals surface area contributed by atoms with Crippen LogP contribution < -0.4 is 11.3 Å². The second kappa shape index (κ2) is 10.9. The second-order valence-corrected chi connectivity index (χ2v) is 5.75. The molecule has 0 saturated carbocycles. The molecule has 0 spiro atoms. The number of unbranched alkanes of at least 4 members (excludes halogenated alkanes) is 8. The molecule has 4 nitrogen and oxygen atoms in total. The maximum Gasteiger partial charge on any atom is 0.0807 e. The Morgan fingerprint density at radius 1 is 1.10 bits per heavy atom. The Balaban J connectivity index is 2.02. The molecule has 0 aromatic carbocycles. The molecule has 1 heterocycles. The number of nitrogens with one attached hydrogen (secondary N) is 1. The van der Waals surface area contributed by atoms with E-state index in [-0.39, 0.29) is 6.04 Å². The molecule has 0 fully saturated rings. The van der Waals surface area contributed by atoms with Gasteiger partial charge in [-0.05, 0) is 12.5 Å². The van der Waals surface area contributed by atoms with E-state index < -0.39 is 0 Å². The van der Waals surface area contributed by atoms with E-state index in [4.69, 9.17) is 5.84 Å². The van der Waals surface area contributed by atoms with Crippen LogP contribution in [0.3, 0.4) is 0 Å². The predicted octanol–water partition coefficient (Wildman–Crippen LogP) is 3.85. The molecule has 1 atom stereocenters. The molecule has 0 radical (unpaired) electrons. The quantitative estimate of drug-likeness (QED) is 0.347. The molecule has 0 saturated heterocycles. The highest BCUT2D eigenvalue weighted by Crippen LogP contribution is 2.18. The fraction of sp³-hybridized carbons (Fsp3) is 0.812. The third kappa shape index (κ3) is 7.06. The molecule has 3 N–H and O–H groups in total. The summed E-state index contributed by atoms with van der Waals surface area (Å²) in [6, 6.07) is 2.24. The molecular weight excluding hydrogens is 248 g/mol. The van der Waals surface area contributed by atoms with Crippen LogP contribution in [-0.4, -0.2) is 9.78 Å². The van der Waals surface area contributed by atoms with E-state index in [0.717, 1.165) is 12.1 Å². The van der Waals surface area contributed by atoms with Crippen LogP contribution in [0.5, 0.6) is 0 Å². The summed E-state index contributed by atoms with van der Waals surface area (Å²) in [4.78, 5) is 0. The van der Waals surface area contributed by atoms with Gasteiger partial charge in [-0.15, -0.1) is 0 Å². The Kier molecular flexibility index (Phi) is 9.33. The lowest BCUT2D eigenvalue weighted by Crippen LogP contribution is -2.28. The van der Waals surface area contributed by atoms with E-state index in [1.807, 2.05) is 24.0 Å². The van der Waals surface area contributed by atoms with Crippen molar-refractivity contribution in [2.45, 2.75) is 77.2 Å². The highest BCUT2D eigenvalue weighted by molar-refractivity contribution is 5.04. The smallest absolute Gasteiger partial charge is 0.0807 e. The van der Waals surface area contributed by atoms with Crippen LogP contribution in [0.2, 0.25) is 0 Å². The number of hydrogen-bond acceptors (Lipinski definition) is 3. The van der Waals surface area contributed by atoms with Crippen LogP contribution in [0.1, 0.15) is 82.9 Å². The topological polar surface area (TPSA) is 55.9 Å². The summed E-state index contributed by atoms with van der Waals surface area (Å²) in [6.07, 6.45) is 15.3. The maximum atomic E-state index is 5.62. The van der Waals surface area contributed by atoms with Crippen LogP contribution in [0.25, 0.3) is 0 Å². The zero-order valence-electron chi connectivity index (χ0n) is 13.3. The van der Waals surface area contributed by atoms with Gasteiger partial charge in [0.15, 0.2) is 0 Å². The normalized spacial score (nSPS) is 12.8. The van der Waals surface area contributed by atoms with Gasteiger partial charge in [0.2, 0.25) is 0 Å². The number of aromatic nitrogens is 2. The molecule has 1 aromatic rings. The summed E-state index contributed by atoms with van der Waals surface area (Å²) >= 11 is 0. The average molecular weight is 280 g/mol. The number of aryl methyl sites for hydroxylation is 1. The predicted molar refractivity (Wildman–Crippen MR) is 85.1 cm³/mol. The van der Waals surface area contributed by atoms with E-state index in [0.29, 0.717) is 0 Å². The maximum absolute atomic E-state index is 5.62. The first kappa shape index (κ1) is 17.2. The largest absolute Gasteiger partial charge is 0.275 e. The number of nitrogens with two attached hydrogens (primary N) is 1. The zero-order valence-corrected chi connectivity index (χ0v) is 13.3. The molecule has 0 bridgehead atoms. The molecular formula is C16H32N4. The summed E-state index contributed by atoms with van der Waals surface area (Å²) in [5, 5.41) is 4.41. The Morgan fingerprint density at radius 3 is 2.20 bits per heavy atom. The SMILES string of the molecule is CCCCCCCCCCCC(NN)c1ccn(C)n1. The highest BCUT2D eigenvalue weighted by Gasteiger charge is 2.11. The third-order valence-corrected chi connectivity index (χ3v) is 3.89. The molecule has 1 aromatic heterocycles. The standard InChI is InChI=1S/C16H32N4/c1-3-4-5-6-7-8-9-10-11-12-15(18-17)16-13-14-20(2)19-16/h13-15,18H,3-12,17H2,1-2H3. The fourth-order valence-electron chi connectivity index (χ4n) is 2.59. The molecule has 0 amide bonds. The minimum Gasteiger partial charge on any atom is -0.275 e. The monoisotopic (exact) mass is 280 g/mol. The summed E-state index contributed by atoms with van der Waals surface area (Å²) in [7, 11) is 1.94. The second-order valence-electron chi connectivity index (χ2n) is 5.75. The van der Waals surface area contributed by atoms with Crippen LogP contribution >= 0.6 is 0 Å². The molecule has 0 aliphatic rings. The molecule has 1 rings (SSSR count). The van der Waals surface area contributed by atoms with Crippen molar-refractivity contribution in [3.63, 3.8) is 0 Å². The minimum absolute atomic E-state index is 0.195. The average Bonchev–Trinajstić information content (AvgIpc) is 2.87. The molecule has 0 aliphatic carbocycles. The Labute approximate surface area is 124 Å². The van der Waals surface area contributed by atoms with Crippen molar-refractivity contribution in [3.8, 4) is 0 Å². The van der Waals surface area contributed by atoms with Crippen molar-refractivity contribution >= 4 is 0 Å². The Morgan fingerprint density at radius 2 is 1.70 bits per heavy atom. The zero-order chi connectivity index (χ0) is 14.6. The van der Waals surface area contributed by atoms with Crippen molar-refractivity contribution in [2.24, 2.45) is 12.9 Å². The van der Waals surface area contributed by atoms with Gasteiger partial charge in [0, 0.05) is 13.2 Å². The molecule has 20 heavy (non-hydrogen) atoms. The molecule has 0 aliphatic heterocycles. The Hall–Kier alpha value is -0.870.